The van der Waals surface area contributed by atoms with Gasteiger partial charge in [-0.15, -0.1) is 11.3 Å². The van der Waals surface area contributed by atoms with Gasteiger partial charge in [-0.1, -0.05) is 6.07 Å². The number of rotatable bonds is 4. The summed E-state index contributed by atoms with van der Waals surface area (Å²) < 4.78 is 19.3. The zero-order valence-corrected chi connectivity index (χ0v) is 15.9. The molecular formula is C18H18N4O2S2. The highest BCUT2D eigenvalue weighted by atomic mass is 32.2. The number of benzene rings is 2. The molecule has 1 aromatic heterocycles. The maximum Gasteiger partial charge on any atom is 0.255 e. The van der Waals surface area contributed by atoms with Crippen LogP contribution in [0.15, 0.2) is 53.6 Å². The van der Waals surface area contributed by atoms with E-state index >= 15 is 0 Å². The average molecular weight is 387 g/mol. The summed E-state index contributed by atoms with van der Waals surface area (Å²) in [6.45, 7) is 1.93. The molecule has 0 saturated carbocycles. The summed E-state index contributed by atoms with van der Waals surface area (Å²) in [6.07, 6.45) is 3.13. The highest BCUT2D eigenvalue weighted by Gasteiger charge is 2.12. The lowest BCUT2D eigenvalue weighted by atomic mass is 10.1. The van der Waals surface area contributed by atoms with Crippen LogP contribution in [-0.2, 0) is 9.73 Å². The van der Waals surface area contributed by atoms with E-state index in [2.05, 4.69) is 10.3 Å². The Bertz CT molecular complexity index is 1070. The number of amides is 1. The zero-order chi connectivity index (χ0) is 18.9. The summed E-state index contributed by atoms with van der Waals surface area (Å²) in [7, 11) is -2.80. The first kappa shape index (κ1) is 18.1. The van der Waals surface area contributed by atoms with Crippen molar-refractivity contribution in [2.24, 2.45) is 0 Å². The first-order chi connectivity index (χ1) is 12.2. The topological polar surface area (TPSA) is 109 Å². The quantitative estimate of drug-likeness (QED) is 0.589. The lowest BCUT2D eigenvalue weighted by Gasteiger charge is -2.10. The summed E-state index contributed by atoms with van der Waals surface area (Å²) in [5.41, 5.74) is 8.29. The molecule has 1 atom stereocenters. The summed E-state index contributed by atoms with van der Waals surface area (Å²) in [4.78, 5) is 18.1. The highest BCUT2D eigenvalue weighted by Crippen LogP contribution is 2.31. The fourth-order valence-electron chi connectivity index (χ4n) is 2.37. The van der Waals surface area contributed by atoms with Gasteiger partial charge in [0, 0.05) is 22.9 Å². The average Bonchev–Trinajstić information content (AvgIpc) is 3.02. The molecule has 0 aliphatic carbocycles. The Morgan fingerprint density at radius 1 is 1.23 bits per heavy atom. The maximum atomic E-state index is 12.5. The van der Waals surface area contributed by atoms with E-state index in [-0.39, 0.29) is 5.91 Å². The molecule has 3 aromatic rings. The largest absolute Gasteiger partial charge is 0.397 e. The smallest absolute Gasteiger partial charge is 0.255 e. The predicted molar refractivity (Wildman–Crippen MR) is 106 cm³/mol. The molecule has 2 aromatic carbocycles. The molecule has 1 heterocycles. The van der Waals surface area contributed by atoms with Gasteiger partial charge in [-0.2, -0.15) is 0 Å². The number of aryl methyl sites for hydroxylation is 1. The van der Waals surface area contributed by atoms with Crippen LogP contribution < -0.4 is 11.1 Å². The monoisotopic (exact) mass is 386 g/mol. The summed E-state index contributed by atoms with van der Waals surface area (Å²) in [6, 6.07) is 11.6. The first-order valence-electron chi connectivity index (χ1n) is 7.71. The van der Waals surface area contributed by atoms with Crippen LogP contribution in [0.3, 0.4) is 0 Å². The van der Waals surface area contributed by atoms with Crippen molar-refractivity contribution < 1.29 is 9.00 Å². The second-order valence-electron chi connectivity index (χ2n) is 5.87. The van der Waals surface area contributed by atoms with Gasteiger partial charge in [-0.05, 0) is 48.9 Å². The Balaban J connectivity index is 1.85. The minimum atomic E-state index is -2.80. The Morgan fingerprint density at radius 3 is 2.50 bits per heavy atom. The van der Waals surface area contributed by atoms with Crippen molar-refractivity contribution in [3.05, 3.63) is 59.2 Å². The van der Waals surface area contributed by atoms with Gasteiger partial charge in [0.1, 0.15) is 0 Å². The number of aromatic nitrogens is 1. The van der Waals surface area contributed by atoms with Crippen molar-refractivity contribution in [3.8, 4) is 10.4 Å². The van der Waals surface area contributed by atoms with Crippen molar-refractivity contribution in [2.75, 3.05) is 17.3 Å². The second kappa shape index (κ2) is 6.89. The van der Waals surface area contributed by atoms with E-state index < -0.39 is 9.73 Å². The van der Waals surface area contributed by atoms with Crippen LogP contribution in [0.5, 0.6) is 0 Å². The van der Waals surface area contributed by atoms with E-state index in [1.54, 1.807) is 35.7 Å². The fraction of sp³-hybridized carbons (Fsp3) is 0.111. The molecule has 0 bridgehead atoms. The van der Waals surface area contributed by atoms with Gasteiger partial charge in [0.15, 0.2) is 0 Å². The van der Waals surface area contributed by atoms with Crippen molar-refractivity contribution >= 4 is 38.3 Å². The lowest BCUT2D eigenvalue weighted by Crippen LogP contribution is -2.13. The highest BCUT2D eigenvalue weighted by molar-refractivity contribution is 7.91. The Labute approximate surface area is 156 Å². The number of carbonyl (C=O) groups is 1. The molecule has 0 aliphatic rings. The SMILES string of the molecule is Cc1ncc(-c2ccc(N)c(NC(=O)c3ccc(S(C)(=N)=O)cc3)c2)s1. The molecule has 1 amide bonds. The van der Waals surface area contributed by atoms with Crippen LogP contribution in [0.25, 0.3) is 10.4 Å². The summed E-state index contributed by atoms with van der Waals surface area (Å²) in [5.74, 6) is -0.325. The third-order valence-corrected chi connectivity index (χ3v) is 5.91. The third kappa shape index (κ3) is 3.92. The van der Waals surface area contributed by atoms with Gasteiger partial charge in [0.05, 0.1) is 31.0 Å². The lowest BCUT2D eigenvalue weighted by molar-refractivity contribution is 0.102. The number of thiazole rings is 1. The second-order valence-corrected chi connectivity index (χ2v) is 9.26. The fourth-order valence-corrected chi connectivity index (χ4v) is 3.80. The first-order valence-corrected chi connectivity index (χ1v) is 10.5. The summed E-state index contributed by atoms with van der Waals surface area (Å²) >= 11 is 1.56. The van der Waals surface area contributed by atoms with Crippen LogP contribution in [0, 0.1) is 11.7 Å². The Kier molecular flexibility index (Phi) is 4.80. The van der Waals surface area contributed by atoms with Gasteiger partial charge in [0.2, 0.25) is 0 Å². The third-order valence-electron chi connectivity index (χ3n) is 3.77. The molecular weight excluding hydrogens is 368 g/mol. The van der Waals surface area contributed by atoms with Gasteiger partial charge >= 0.3 is 0 Å². The number of nitrogen functional groups attached to an aromatic ring is 1. The van der Waals surface area contributed by atoms with Gasteiger partial charge in [-0.3, -0.25) is 4.79 Å². The zero-order valence-electron chi connectivity index (χ0n) is 14.3. The Hall–Kier alpha value is -2.71. The molecule has 6 nitrogen and oxygen atoms in total. The van der Waals surface area contributed by atoms with Gasteiger partial charge in [0.25, 0.3) is 5.91 Å². The molecule has 8 heteroatoms. The van der Waals surface area contributed by atoms with Gasteiger partial charge in [-0.25, -0.2) is 14.0 Å². The number of nitrogens with two attached hydrogens (primary N) is 1. The molecule has 0 saturated heterocycles. The van der Waals surface area contributed by atoms with Crippen molar-refractivity contribution in [1.29, 1.82) is 4.78 Å². The van der Waals surface area contributed by atoms with E-state index in [9.17, 15) is 9.00 Å². The maximum absolute atomic E-state index is 12.5. The van der Waals surface area contributed by atoms with Crippen LogP contribution in [-0.4, -0.2) is 21.4 Å². The summed E-state index contributed by atoms with van der Waals surface area (Å²) in [5, 5.41) is 3.77. The van der Waals surface area contributed by atoms with Gasteiger partial charge < -0.3 is 11.1 Å². The molecule has 26 heavy (non-hydrogen) atoms. The molecule has 0 spiro atoms. The van der Waals surface area contributed by atoms with E-state index in [0.29, 0.717) is 21.8 Å². The normalized spacial score (nSPS) is 13.2. The molecule has 3 rings (SSSR count). The molecule has 0 fully saturated rings. The standard InChI is InChI=1S/C18H18N4O2S2/c1-11-21-10-17(25-11)13-5-8-15(19)16(9-13)22-18(23)12-3-6-14(7-4-12)26(2,20)24/h3-10,20H,19H2,1-2H3,(H,22,23). The number of nitrogens with zero attached hydrogens (tertiary/aromatic N) is 1. The number of anilines is 2. The molecule has 0 radical (unpaired) electrons. The van der Waals surface area contributed by atoms with Crippen LogP contribution in [0.2, 0.25) is 0 Å². The van der Waals surface area contributed by atoms with E-state index in [0.717, 1.165) is 15.4 Å². The number of hydrogen-bond acceptors (Lipinski definition) is 6. The number of nitrogens with one attached hydrogen (secondary N) is 2. The minimum Gasteiger partial charge on any atom is -0.397 e. The number of hydrogen-bond donors (Lipinski definition) is 3. The van der Waals surface area contributed by atoms with Crippen molar-refractivity contribution in [1.82, 2.24) is 4.98 Å². The molecule has 134 valence electrons. The van der Waals surface area contributed by atoms with E-state index in [1.807, 2.05) is 19.1 Å². The van der Waals surface area contributed by atoms with Crippen molar-refractivity contribution in [3.63, 3.8) is 0 Å². The minimum absolute atomic E-state index is 0.325. The van der Waals surface area contributed by atoms with Crippen LogP contribution >= 0.6 is 11.3 Å². The predicted octanol–water partition coefficient (Wildman–Crippen LogP) is 3.99. The Morgan fingerprint density at radius 2 is 1.92 bits per heavy atom. The molecule has 4 N–H and O–H groups in total. The van der Waals surface area contributed by atoms with E-state index in [4.69, 9.17) is 10.5 Å². The van der Waals surface area contributed by atoms with E-state index in [1.165, 1.54) is 18.4 Å². The number of carbonyl (C=O) groups excluding carboxylic acids is 1. The van der Waals surface area contributed by atoms with Crippen LogP contribution in [0.4, 0.5) is 11.4 Å². The molecule has 0 aliphatic heterocycles. The van der Waals surface area contributed by atoms with Crippen molar-refractivity contribution in [2.45, 2.75) is 11.8 Å². The molecule has 1 unspecified atom stereocenters. The van der Waals surface area contributed by atoms with Crippen LogP contribution in [0.1, 0.15) is 15.4 Å².